The van der Waals surface area contributed by atoms with Crippen LogP contribution in [0, 0.1) is 5.92 Å². The number of carbonyl (C=O) groups excluding carboxylic acids is 1. The lowest BCUT2D eigenvalue weighted by Crippen LogP contribution is -2.29. The quantitative estimate of drug-likeness (QED) is 0.725. The first-order valence-electron chi connectivity index (χ1n) is 5.40. The molecule has 1 aromatic carbocycles. The minimum Gasteiger partial charge on any atom is -0.399 e. The Morgan fingerprint density at radius 1 is 1.53 bits per heavy atom. The van der Waals surface area contributed by atoms with Crippen LogP contribution in [0.25, 0.3) is 0 Å². The number of hydrogen-bond acceptors (Lipinski definition) is 2. The Balaban J connectivity index is 2.26. The van der Waals surface area contributed by atoms with E-state index < -0.39 is 0 Å². The van der Waals surface area contributed by atoms with Crippen LogP contribution in [0.15, 0.2) is 18.2 Å². The molecule has 15 heavy (non-hydrogen) atoms. The molecular formula is C12H16N2O. The minimum absolute atomic E-state index is 0.115. The zero-order valence-corrected chi connectivity index (χ0v) is 8.92. The summed E-state index contributed by atoms with van der Waals surface area (Å²) in [7, 11) is 0. The lowest BCUT2D eigenvalue weighted by Gasteiger charge is -2.24. The van der Waals surface area contributed by atoms with E-state index in [1.54, 1.807) is 0 Å². The molecule has 0 fully saturated rings. The van der Waals surface area contributed by atoms with Gasteiger partial charge in [0.05, 0.1) is 0 Å². The Morgan fingerprint density at radius 3 is 3.07 bits per heavy atom. The summed E-state index contributed by atoms with van der Waals surface area (Å²) in [5, 5.41) is 2.93. The van der Waals surface area contributed by atoms with Crippen molar-refractivity contribution in [2.45, 2.75) is 26.2 Å². The third-order valence-corrected chi connectivity index (χ3v) is 2.86. The highest BCUT2D eigenvalue weighted by Gasteiger charge is 2.24. The normalized spacial score (nSPS) is 19.5. The summed E-state index contributed by atoms with van der Waals surface area (Å²) >= 11 is 0. The molecule has 1 unspecified atom stereocenters. The van der Waals surface area contributed by atoms with Crippen molar-refractivity contribution >= 4 is 17.3 Å². The van der Waals surface area contributed by atoms with E-state index in [2.05, 4.69) is 12.2 Å². The fourth-order valence-electron chi connectivity index (χ4n) is 2.08. The predicted octanol–water partition coefficient (Wildman–Crippen LogP) is 2.18. The molecule has 80 valence electrons. The van der Waals surface area contributed by atoms with E-state index in [0.717, 1.165) is 36.2 Å². The van der Waals surface area contributed by atoms with E-state index in [0.29, 0.717) is 0 Å². The summed E-state index contributed by atoms with van der Waals surface area (Å²) < 4.78 is 0. The van der Waals surface area contributed by atoms with Gasteiger partial charge >= 0.3 is 0 Å². The number of nitrogen functional groups attached to an aromatic ring is 1. The van der Waals surface area contributed by atoms with Gasteiger partial charge in [-0.05, 0) is 36.6 Å². The molecule has 0 saturated carbocycles. The zero-order valence-electron chi connectivity index (χ0n) is 8.92. The Hall–Kier alpha value is -1.51. The maximum atomic E-state index is 11.7. The maximum absolute atomic E-state index is 11.7. The van der Waals surface area contributed by atoms with Crippen LogP contribution in [-0.2, 0) is 11.2 Å². The molecule has 0 aliphatic carbocycles. The maximum Gasteiger partial charge on any atom is 0.227 e. The van der Waals surface area contributed by atoms with Crippen molar-refractivity contribution < 1.29 is 4.79 Å². The van der Waals surface area contributed by atoms with Crippen LogP contribution in [0.3, 0.4) is 0 Å². The highest BCUT2D eigenvalue weighted by Crippen LogP contribution is 2.29. The van der Waals surface area contributed by atoms with E-state index in [4.69, 9.17) is 5.73 Å². The number of amides is 1. The largest absolute Gasteiger partial charge is 0.399 e. The van der Waals surface area contributed by atoms with E-state index in [9.17, 15) is 4.79 Å². The van der Waals surface area contributed by atoms with Crippen LogP contribution in [0.1, 0.15) is 25.3 Å². The van der Waals surface area contributed by atoms with Crippen molar-refractivity contribution in [1.82, 2.24) is 0 Å². The van der Waals surface area contributed by atoms with Crippen molar-refractivity contribution in [2.24, 2.45) is 5.92 Å². The molecule has 1 aliphatic heterocycles. The first-order valence-corrected chi connectivity index (χ1v) is 5.40. The van der Waals surface area contributed by atoms with Gasteiger partial charge in [0, 0.05) is 17.3 Å². The fraction of sp³-hybridized carbons (Fsp3) is 0.417. The molecule has 0 bridgehead atoms. The van der Waals surface area contributed by atoms with Crippen LogP contribution in [0.4, 0.5) is 11.4 Å². The fourth-order valence-corrected chi connectivity index (χ4v) is 2.08. The number of hydrogen-bond donors (Lipinski definition) is 2. The summed E-state index contributed by atoms with van der Waals surface area (Å²) in [6.07, 6.45) is 2.80. The number of anilines is 2. The first-order chi connectivity index (χ1) is 7.20. The van der Waals surface area contributed by atoms with Gasteiger partial charge in [-0.1, -0.05) is 13.3 Å². The summed E-state index contributed by atoms with van der Waals surface area (Å²) in [5.41, 5.74) is 8.57. The number of carbonyl (C=O) groups is 1. The summed E-state index contributed by atoms with van der Waals surface area (Å²) in [6, 6.07) is 5.65. The minimum atomic E-state index is 0.115. The molecule has 3 nitrogen and oxygen atoms in total. The Kier molecular flexibility index (Phi) is 2.62. The molecule has 0 spiro atoms. The number of benzene rings is 1. The van der Waals surface area contributed by atoms with E-state index in [1.807, 2.05) is 18.2 Å². The monoisotopic (exact) mass is 204 g/mol. The predicted molar refractivity (Wildman–Crippen MR) is 61.6 cm³/mol. The van der Waals surface area contributed by atoms with Crippen molar-refractivity contribution in [2.75, 3.05) is 11.1 Å². The SMILES string of the molecule is CCCC1Cc2cc(N)ccc2NC1=O. The van der Waals surface area contributed by atoms with Gasteiger partial charge in [0.15, 0.2) is 0 Å². The second kappa shape index (κ2) is 3.93. The molecule has 3 heteroatoms. The molecule has 1 heterocycles. The highest BCUT2D eigenvalue weighted by atomic mass is 16.1. The average molecular weight is 204 g/mol. The van der Waals surface area contributed by atoms with Gasteiger partial charge in [-0.25, -0.2) is 0 Å². The third-order valence-electron chi connectivity index (χ3n) is 2.86. The van der Waals surface area contributed by atoms with E-state index >= 15 is 0 Å². The van der Waals surface area contributed by atoms with Crippen LogP contribution in [0.5, 0.6) is 0 Å². The first kappa shape index (κ1) is 10.0. The lowest BCUT2D eigenvalue weighted by molar-refractivity contribution is -0.120. The Labute approximate surface area is 89.7 Å². The molecule has 0 aromatic heterocycles. The zero-order chi connectivity index (χ0) is 10.8. The van der Waals surface area contributed by atoms with Crippen LogP contribution >= 0.6 is 0 Å². The van der Waals surface area contributed by atoms with Crippen LogP contribution < -0.4 is 11.1 Å². The Morgan fingerprint density at radius 2 is 2.33 bits per heavy atom. The molecule has 0 saturated heterocycles. The molecular weight excluding hydrogens is 188 g/mol. The van der Waals surface area contributed by atoms with Crippen molar-refractivity contribution in [3.8, 4) is 0 Å². The molecule has 1 atom stereocenters. The molecule has 2 rings (SSSR count). The summed E-state index contributed by atoms with van der Waals surface area (Å²) in [4.78, 5) is 11.7. The number of rotatable bonds is 2. The average Bonchev–Trinajstić information content (AvgIpc) is 2.20. The second-order valence-corrected chi connectivity index (χ2v) is 4.10. The molecule has 1 aromatic rings. The third kappa shape index (κ3) is 1.96. The highest BCUT2D eigenvalue weighted by molar-refractivity contribution is 5.96. The van der Waals surface area contributed by atoms with E-state index in [1.165, 1.54) is 0 Å². The second-order valence-electron chi connectivity index (χ2n) is 4.10. The van der Waals surface area contributed by atoms with Crippen molar-refractivity contribution in [3.05, 3.63) is 23.8 Å². The molecule has 1 amide bonds. The van der Waals surface area contributed by atoms with Gasteiger partial charge in [-0.2, -0.15) is 0 Å². The summed E-state index contributed by atoms with van der Waals surface area (Å²) in [5.74, 6) is 0.262. The van der Waals surface area contributed by atoms with Crippen molar-refractivity contribution in [3.63, 3.8) is 0 Å². The topological polar surface area (TPSA) is 55.1 Å². The van der Waals surface area contributed by atoms with Gasteiger partial charge in [0.25, 0.3) is 0 Å². The summed E-state index contributed by atoms with van der Waals surface area (Å²) in [6.45, 7) is 2.10. The van der Waals surface area contributed by atoms with Crippen LogP contribution in [0.2, 0.25) is 0 Å². The van der Waals surface area contributed by atoms with Gasteiger partial charge in [-0.3, -0.25) is 4.79 Å². The number of fused-ring (bicyclic) bond motifs is 1. The number of nitrogens with two attached hydrogens (primary N) is 1. The van der Waals surface area contributed by atoms with E-state index in [-0.39, 0.29) is 11.8 Å². The lowest BCUT2D eigenvalue weighted by atomic mass is 9.90. The molecule has 1 aliphatic rings. The van der Waals surface area contributed by atoms with Gasteiger partial charge < -0.3 is 11.1 Å². The van der Waals surface area contributed by atoms with Gasteiger partial charge in [0.1, 0.15) is 0 Å². The van der Waals surface area contributed by atoms with Crippen molar-refractivity contribution in [1.29, 1.82) is 0 Å². The molecule has 3 N–H and O–H groups in total. The smallest absolute Gasteiger partial charge is 0.227 e. The van der Waals surface area contributed by atoms with Gasteiger partial charge in [-0.15, -0.1) is 0 Å². The standard InChI is InChI=1S/C12H16N2O/c1-2-3-8-6-9-7-10(13)4-5-11(9)14-12(8)15/h4-5,7-8H,2-3,6,13H2,1H3,(H,14,15). The Bertz CT molecular complexity index is 387. The molecule has 0 radical (unpaired) electrons. The van der Waals surface area contributed by atoms with Gasteiger partial charge in [0.2, 0.25) is 5.91 Å². The van der Waals surface area contributed by atoms with Crippen LogP contribution in [-0.4, -0.2) is 5.91 Å². The number of nitrogens with one attached hydrogen (secondary N) is 1.